The van der Waals surface area contributed by atoms with E-state index >= 15 is 0 Å². The lowest BCUT2D eigenvalue weighted by Crippen LogP contribution is -2.44. The fourth-order valence-corrected chi connectivity index (χ4v) is 4.33. The summed E-state index contributed by atoms with van der Waals surface area (Å²) >= 11 is 1.45. The van der Waals surface area contributed by atoms with E-state index in [4.69, 9.17) is 0 Å². The maximum absolute atomic E-state index is 13.1. The van der Waals surface area contributed by atoms with Crippen molar-refractivity contribution in [2.24, 2.45) is 0 Å². The summed E-state index contributed by atoms with van der Waals surface area (Å²) in [7, 11) is 0. The average Bonchev–Trinajstić information content (AvgIpc) is 3.02. The van der Waals surface area contributed by atoms with Crippen LogP contribution in [0.3, 0.4) is 0 Å². The van der Waals surface area contributed by atoms with E-state index in [9.17, 15) is 9.59 Å². The lowest BCUT2D eigenvalue weighted by atomic mass is 10.1. The fraction of sp³-hybridized carbons (Fsp3) is 0.381. The SMILES string of the molecule is Cc1ccc(-c2csc3ncn(CC(=O)N(C(C)C)C(C)C)c(=O)c23)cc1. The van der Waals surface area contributed by atoms with Crippen molar-refractivity contribution in [1.82, 2.24) is 14.5 Å². The number of benzene rings is 1. The number of aromatic nitrogens is 2. The Balaban J connectivity index is 2.02. The minimum absolute atomic E-state index is 0.00131. The van der Waals surface area contributed by atoms with Gasteiger partial charge in [0.1, 0.15) is 11.4 Å². The summed E-state index contributed by atoms with van der Waals surface area (Å²) < 4.78 is 1.42. The van der Waals surface area contributed by atoms with Gasteiger partial charge in [0.2, 0.25) is 5.91 Å². The monoisotopic (exact) mass is 383 g/mol. The Morgan fingerprint density at radius 3 is 2.37 bits per heavy atom. The number of hydrogen-bond acceptors (Lipinski definition) is 4. The van der Waals surface area contributed by atoms with E-state index in [1.54, 1.807) is 4.90 Å². The van der Waals surface area contributed by atoms with Crippen LogP contribution in [0.4, 0.5) is 0 Å². The van der Waals surface area contributed by atoms with Crippen molar-refractivity contribution in [3.05, 3.63) is 51.9 Å². The third-order valence-corrected chi connectivity index (χ3v) is 5.52. The van der Waals surface area contributed by atoms with Crippen LogP contribution in [-0.2, 0) is 11.3 Å². The Hall–Kier alpha value is -2.47. The number of carbonyl (C=O) groups is 1. The summed E-state index contributed by atoms with van der Waals surface area (Å²) in [4.78, 5) is 32.8. The lowest BCUT2D eigenvalue weighted by Gasteiger charge is -2.31. The largest absolute Gasteiger partial charge is 0.336 e. The van der Waals surface area contributed by atoms with Crippen LogP contribution in [0.25, 0.3) is 21.3 Å². The second kappa shape index (κ2) is 7.64. The van der Waals surface area contributed by atoms with Gasteiger partial charge in [-0.2, -0.15) is 0 Å². The van der Waals surface area contributed by atoms with Gasteiger partial charge in [0, 0.05) is 23.0 Å². The van der Waals surface area contributed by atoms with Crippen molar-refractivity contribution < 1.29 is 4.79 Å². The highest BCUT2D eigenvalue weighted by atomic mass is 32.1. The van der Waals surface area contributed by atoms with Crippen LogP contribution in [0.5, 0.6) is 0 Å². The standard InChI is InChI=1S/C21H25N3O2S/c1-13(2)24(14(3)4)18(25)10-23-12-22-20-19(21(23)26)17(11-27-20)16-8-6-15(5)7-9-16/h6-9,11-14H,10H2,1-5H3. The molecular weight excluding hydrogens is 358 g/mol. The summed E-state index contributed by atoms with van der Waals surface area (Å²) in [6.07, 6.45) is 1.48. The molecule has 1 amide bonds. The summed E-state index contributed by atoms with van der Waals surface area (Å²) in [6, 6.07) is 8.24. The van der Waals surface area contributed by atoms with E-state index in [1.165, 1.54) is 27.8 Å². The first-order chi connectivity index (χ1) is 12.8. The molecule has 0 aliphatic carbocycles. The molecule has 6 heteroatoms. The smallest absolute Gasteiger partial charge is 0.263 e. The highest BCUT2D eigenvalue weighted by Gasteiger charge is 2.21. The zero-order chi connectivity index (χ0) is 19.7. The van der Waals surface area contributed by atoms with E-state index in [-0.39, 0.29) is 30.1 Å². The van der Waals surface area contributed by atoms with Gasteiger partial charge in [-0.05, 0) is 40.2 Å². The molecule has 1 aromatic carbocycles. The number of aryl methyl sites for hydroxylation is 1. The molecule has 0 saturated carbocycles. The Morgan fingerprint density at radius 1 is 1.15 bits per heavy atom. The van der Waals surface area contributed by atoms with Gasteiger partial charge in [-0.3, -0.25) is 14.2 Å². The number of fused-ring (bicyclic) bond motifs is 1. The molecule has 3 rings (SSSR count). The third kappa shape index (κ3) is 3.81. The zero-order valence-electron chi connectivity index (χ0n) is 16.4. The number of amides is 1. The van der Waals surface area contributed by atoms with Crippen LogP contribution in [0, 0.1) is 6.92 Å². The molecule has 2 aromatic heterocycles. The van der Waals surface area contributed by atoms with E-state index in [0.717, 1.165) is 11.1 Å². The Morgan fingerprint density at radius 2 is 1.78 bits per heavy atom. The summed E-state index contributed by atoms with van der Waals surface area (Å²) in [6.45, 7) is 9.96. The number of thiophene rings is 1. The van der Waals surface area contributed by atoms with Crippen LogP contribution in [0.15, 0.2) is 40.8 Å². The normalized spacial score (nSPS) is 11.5. The molecular formula is C21H25N3O2S. The average molecular weight is 384 g/mol. The van der Waals surface area contributed by atoms with E-state index in [0.29, 0.717) is 10.2 Å². The summed E-state index contributed by atoms with van der Waals surface area (Å²) in [5, 5.41) is 2.55. The van der Waals surface area contributed by atoms with Crippen LogP contribution < -0.4 is 5.56 Å². The number of carbonyl (C=O) groups excluding carboxylic acids is 1. The molecule has 0 aliphatic heterocycles. The topological polar surface area (TPSA) is 55.2 Å². The molecule has 0 atom stereocenters. The predicted octanol–water partition coefficient (Wildman–Crippen LogP) is 4.08. The second-order valence-corrected chi connectivity index (χ2v) is 8.22. The molecule has 142 valence electrons. The molecule has 2 heterocycles. The zero-order valence-corrected chi connectivity index (χ0v) is 17.2. The Bertz CT molecular complexity index is 1010. The van der Waals surface area contributed by atoms with Crippen molar-refractivity contribution in [3.63, 3.8) is 0 Å². The molecule has 0 aliphatic rings. The van der Waals surface area contributed by atoms with Gasteiger partial charge in [0.05, 0.1) is 11.7 Å². The van der Waals surface area contributed by atoms with Gasteiger partial charge in [-0.25, -0.2) is 4.98 Å². The first kappa shape index (κ1) is 19.3. The predicted molar refractivity (Wildman–Crippen MR) is 111 cm³/mol. The van der Waals surface area contributed by atoms with Crippen molar-refractivity contribution in [2.45, 2.75) is 53.2 Å². The Labute approximate surface area is 163 Å². The van der Waals surface area contributed by atoms with Gasteiger partial charge in [0.25, 0.3) is 5.56 Å². The minimum atomic E-state index is -0.169. The van der Waals surface area contributed by atoms with Crippen molar-refractivity contribution in [3.8, 4) is 11.1 Å². The van der Waals surface area contributed by atoms with E-state index in [2.05, 4.69) is 4.98 Å². The van der Waals surface area contributed by atoms with E-state index in [1.807, 2.05) is 64.3 Å². The van der Waals surface area contributed by atoms with Crippen LogP contribution in [0.2, 0.25) is 0 Å². The van der Waals surface area contributed by atoms with Crippen LogP contribution in [0.1, 0.15) is 33.3 Å². The molecule has 0 bridgehead atoms. The first-order valence-corrected chi connectivity index (χ1v) is 10.0. The summed E-state index contributed by atoms with van der Waals surface area (Å²) in [5.41, 5.74) is 2.86. The van der Waals surface area contributed by atoms with Gasteiger partial charge in [-0.1, -0.05) is 29.8 Å². The summed E-state index contributed by atoms with van der Waals surface area (Å²) in [5.74, 6) is -0.0737. The molecule has 0 unspecified atom stereocenters. The number of nitrogens with zero attached hydrogens (tertiary/aromatic N) is 3. The van der Waals surface area contributed by atoms with Gasteiger partial charge in [0.15, 0.2) is 0 Å². The van der Waals surface area contributed by atoms with E-state index < -0.39 is 0 Å². The number of hydrogen-bond donors (Lipinski definition) is 0. The van der Waals surface area contributed by atoms with Crippen molar-refractivity contribution >= 4 is 27.5 Å². The lowest BCUT2D eigenvalue weighted by molar-refractivity contribution is -0.135. The second-order valence-electron chi connectivity index (χ2n) is 7.36. The van der Waals surface area contributed by atoms with Crippen LogP contribution >= 0.6 is 11.3 Å². The number of rotatable bonds is 5. The van der Waals surface area contributed by atoms with Gasteiger partial charge < -0.3 is 4.90 Å². The quantitative estimate of drug-likeness (QED) is 0.667. The van der Waals surface area contributed by atoms with Crippen molar-refractivity contribution in [2.75, 3.05) is 0 Å². The highest BCUT2D eigenvalue weighted by Crippen LogP contribution is 2.30. The van der Waals surface area contributed by atoms with Crippen molar-refractivity contribution in [1.29, 1.82) is 0 Å². The first-order valence-electron chi connectivity index (χ1n) is 9.14. The molecule has 27 heavy (non-hydrogen) atoms. The van der Waals surface area contributed by atoms with Crippen LogP contribution in [-0.4, -0.2) is 32.4 Å². The fourth-order valence-electron chi connectivity index (χ4n) is 3.43. The van der Waals surface area contributed by atoms with Gasteiger partial charge in [-0.15, -0.1) is 11.3 Å². The minimum Gasteiger partial charge on any atom is -0.336 e. The maximum Gasteiger partial charge on any atom is 0.263 e. The third-order valence-electron chi connectivity index (χ3n) is 4.63. The molecule has 0 N–H and O–H groups in total. The molecule has 3 aromatic rings. The highest BCUT2D eigenvalue weighted by molar-refractivity contribution is 7.17. The van der Waals surface area contributed by atoms with Gasteiger partial charge >= 0.3 is 0 Å². The Kier molecular flexibility index (Phi) is 5.46. The maximum atomic E-state index is 13.1. The molecule has 0 spiro atoms. The molecule has 0 radical (unpaired) electrons. The molecule has 5 nitrogen and oxygen atoms in total. The molecule has 0 fully saturated rings. The molecule has 0 saturated heterocycles.